The summed E-state index contributed by atoms with van der Waals surface area (Å²) in [5.41, 5.74) is 0.966. The van der Waals surface area contributed by atoms with Gasteiger partial charge in [0.2, 0.25) is 0 Å². The molecule has 0 aliphatic heterocycles. The molecule has 0 bridgehead atoms. The van der Waals surface area contributed by atoms with E-state index in [0.717, 1.165) is 4.88 Å². The van der Waals surface area contributed by atoms with E-state index in [4.69, 9.17) is 14.2 Å². The quantitative estimate of drug-likeness (QED) is 0.617. The molecule has 1 heterocycles. The zero-order valence-corrected chi connectivity index (χ0v) is 17.7. The Labute approximate surface area is 172 Å². The molecule has 2 aromatic rings. The molecule has 1 amide bonds. The number of hydrogen-bond acceptors (Lipinski definition) is 7. The standard InChI is InChI=1S/C18H17BrFNO6S/c1-9-10(2)28-17(16(9)18(24)25-3)21-14(22)7-27-15(23)8-26-13-5-4-11(19)6-12(13)20/h4-6H,7-8H2,1-3H3,(H,21,22). The minimum Gasteiger partial charge on any atom is -0.479 e. The third-order valence-electron chi connectivity index (χ3n) is 3.63. The summed E-state index contributed by atoms with van der Waals surface area (Å²) >= 11 is 4.32. The first kappa shape index (κ1) is 21.8. The maximum atomic E-state index is 13.6. The molecule has 0 atom stereocenters. The highest BCUT2D eigenvalue weighted by molar-refractivity contribution is 9.10. The molecule has 0 aliphatic rings. The van der Waals surface area contributed by atoms with Crippen LogP contribution in [0.15, 0.2) is 22.7 Å². The van der Waals surface area contributed by atoms with Gasteiger partial charge in [0.25, 0.3) is 5.91 Å². The average Bonchev–Trinajstić information content (AvgIpc) is 2.92. The molecule has 0 unspecified atom stereocenters. The Kier molecular flexibility index (Phi) is 7.53. The van der Waals surface area contributed by atoms with Crippen molar-refractivity contribution in [1.29, 1.82) is 0 Å². The van der Waals surface area contributed by atoms with Crippen LogP contribution in [-0.2, 0) is 19.1 Å². The van der Waals surface area contributed by atoms with E-state index in [2.05, 4.69) is 21.2 Å². The van der Waals surface area contributed by atoms with Crippen LogP contribution in [0.25, 0.3) is 0 Å². The number of rotatable bonds is 7. The SMILES string of the molecule is COC(=O)c1c(NC(=O)COC(=O)COc2ccc(Br)cc2F)sc(C)c1C. The largest absolute Gasteiger partial charge is 0.479 e. The molecule has 0 saturated carbocycles. The van der Waals surface area contributed by atoms with Gasteiger partial charge < -0.3 is 19.5 Å². The van der Waals surface area contributed by atoms with E-state index in [-0.39, 0.29) is 11.3 Å². The second-order valence-corrected chi connectivity index (χ2v) is 7.69. The van der Waals surface area contributed by atoms with Crippen LogP contribution in [0, 0.1) is 19.7 Å². The number of thiophene rings is 1. The molecule has 0 spiro atoms. The normalized spacial score (nSPS) is 10.3. The van der Waals surface area contributed by atoms with Gasteiger partial charge in [-0.25, -0.2) is 14.0 Å². The summed E-state index contributed by atoms with van der Waals surface area (Å²) in [5.74, 6) is -2.80. The van der Waals surface area contributed by atoms with Crippen molar-refractivity contribution in [3.63, 3.8) is 0 Å². The fourth-order valence-electron chi connectivity index (χ4n) is 2.14. The van der Waals surface area contributed by atoms with Crippen molar-refractivity contribution in [3.8, 4) is 5.75 Å². The van der Waals surface area contributed by atoms with Gasteiger partial charge in [0.05, 0.1) is 12.7 Å². The smallest absolute Gasteiger partial charge is 0.344 e. The highest BCUT2D eigenvalue weighted by Crippen LogP contribution is 2.32. The van der Waals surface area contributed by atoms with Crippen LogP contribution in [0.1, 0.15) is 20.8 Å². The van der Waals surface area contributed by atoms with Crippen molar-refractivity contribution in [2.75, 3.05) is 25.6 Å². The minimum absolute atomic E-state index is 0.114. The Morgan fingerprint density at radius 1 is 1.21 bits per heavy atom. The lowest BCUT2D eigenvalue weighted by Gasteiger charge is -2.09. The van der Waals surface area contributed by atoms with Gasteiger partial charge in [-0.05, 0) is 37.6 Å². The Hall–Kier alpha value is -2.46. The van der Waals surface area contributed by atoms with Crippen LogP contribution < -0.4 is 10.1 Å². The predicted molar refractivity (Wildman–Crippen MR) is 104 cm³/mol. The van der Waals surface area contributed by atoms with Crippen LogP contribution in [0.3, 0.4) is 0 Å². The number of anilines is 1. The van der Waals surface area contributed by atoms with Crippen molar-refractivity contribution in [3.05, 3.63) is 44.5 Å². The molecule has 1 aromatic carbocycles. The number of amides is 1. The first-order valence-corrected chi connectivity index (χ1v) is 9.55. The molecule has 2 rings (SSSR count). The van der Waals surface area contributed by atoms with Gasteiger partial charge in [-0.3, -0.25) is 4.79 Å². The number of ether oxygens (including phenoxy) is 3. The summed E-state index contributed by atoms with van der Waals surface area (Å²) in [7, 11) is 1.25. The maximum absolute atomic E-state index is 13.6. The van der Waals surface area contributed by atoms with Gasteiger partial charge in [-0.1, -0.05) is 15.9 Å². The number of aryl methyl sites for hydroxylation is 1. The van der Waals surface area contributed by atoms with E-state index in [9.17, 15) is 18.8 Å². The van der Waals surface area contributed by atoms with Crippen LogP contribution in [0.2, 0.25) is 0 Å². The van der Waals surface area contributed by atoms with Crippen molar-refractivity contribution < 1.29 is 33.0 Å². The molecule has 28 heavy (non-hydrogen) atoms. The number of esters is 2. The molecule has 0 saturated heterocycles. The van der Waals surface area contributed by atoms with E-state index in [1.165, 1.54) is 30.6 Å². The molecule has 0 radical (unpaired) electrons. The van der Waals surface area contributed by atoms with E-state index in [1.54, 1.807) is 19.9 Å². The van der Waals surface area contributed by atoms with Crippen molar-refractivity contribution in [2.24, 2.45) is 0 Å². The minimum atomic E-state index is -0.843. The zero-order valence-electron chi connectivity index (χ0n) is 15.3. The molecule has 1 aromatic heterocycles. The summed E-state index contributed by atoms with van der Waals surface area (Å²) in [4.78, 5) is 36.5. The van der Waals surface area contributed by atoms with Gasteiger partial charge in [-0.15, -0.1) is 11.3 Å². The number of halogens is 2. The Balaban J connectivity index is 1.88. The summed E-state index contributed by atoms with van der Waals surface area (Å²) in [6, 6.07) is 4.11. The summed E-state index contributed by atoms with van der Waals surface area (Å²) in [5, 5.41) is 2.84. The van der Waals surface area contributed by atoms with E-state index in [0.29, 0.717) is 15.0 Å². The number of hydrogen-bond donors (Lipinski definition) is 1. The first-order chi connectivity index (χ1) is 13.2. The number of methoxy groups -OCH3 is 1. The van der Waals surface area contributed by atoms with Crippen LogP contribution >= 0.6 is 27.3 Å². The lowest BCUT2D eigenvalue weighted by Crippen LogP contribution is -2.24. The number of carbonyl (C=O) groups is 3. The zero-order chi connectivity index (χ0) is 20.8. The van der Waals surface area contributed by atoms with Gasteiger partial charge in [0.1, 0.15) is 5.00 Å². The second-order valence-electron chi connectivity index (χ2n) is 5.55. The van der Waals surface area contributed by atoms with Crippen molar-refractivity contribution in [1.82, 2.24) is 0 Å². The van der Waals surface area contributed by atoms with Crippen LogP contribution in [-0.4, -0.2) is 38.2 Å². The molecule has 10 heteroatoms. The Morgan fingerprint density at radius 3 is 2.57 bits per heavy atom. The lowest BCUT2D eigenvalue weighted by molar-refractivity contribution is -0.149. The second kappa shape index (κ2) is 9.65. The fraction of sp³-hybridized carbons (Fsp3) is 0.278. The highest BCUT2D eigenvalue weighted by Gasteiger charge is 2.22. The molecule has 7 nitrogen and oxygen atoms in total. The number of carbonyl (C=O) groups excluding carboxylic acids is 3. The van der Waals surface area contributed by atoms with E-state index < -0.39 is 36.9 Å². The van der Waals surface area contributed by atoms with Crippen LogP contribution in [0.5, 0.6) is 5.75 Å². The fourth-order valence-corrected chi connectivity index (χ4v) is 3.54. The van der Waals surface area contributed by atoms with Gasteiger partial charge in [0.15, 0.2) is 24.8 Å². The maximum Gasteiger partial charge on any atom is 0.344 e. The Morgan fingerprint density at radius 2 is 1.93 bits per heavy atom. The van der Waals surface area contributed by atoms with Crippen molar-refractivity contribution in [2.45, 2.75) is 13.8 Å². The topological polar surface area (TPSA) is 90.9 Å². The van der Waals surface area contributed by atoms with Gasteiger partial charge >= 0.3 is 11.9 Å². The molecular weight excluding hydrogens is 457 g/mol. The van der Waals surface area contributed by atoms with Gasteiger partial charge in [-0.2, -0.15) is 0 Å². The lowest BCUT2D eigenvalue weighted by atomic mass is 10.1. The van der Waals surface area contributed by atoms with Crippen molar-refractivity contribution >= 4 is 50.1 Å². The first-order valence-electron chi connectivity index (χ1n) is 7.94. The average molecular weight is 474 g/mol. The van der Waals surface area contributed by atoms with E-state index in [1.807, 2.05) is 0 Å². The molecule has 0 fully saturated rings. The van der Waals surface area contributed by atoms with Gasteiger partial charge in [0, 0.05) is 9.35 Å². The predicted octanol–water partition coefficient (Wildman–Crippen LogP) is 3.61. The van der Waals surface area contributed by atoms with E-state index >= 15 is 0 Å². The Bertz CT molecular complexity index is 914. The molecule has 0 aliphatic carbocycles. The summed E-state index contributed by atoms with van der Waals surface area (Å²) in [6.45, 7) is 2.41. The highest BCUT2D eigenvalue weighted by atomic mass is 79.9. The summed E-state index contributed by atoms with van der Waals surface area (Å²) < 4.78 is 28.7. The summed E-state index contributed by atoms with van der Waals surface area (Å²) in [6.07, 6.45) is 0. The third kappa shape index (κ3) is 5.52. The number of benzene rings is 1. The molecular formula is C18H17BrFNO6S. The molecule has 1 N–H and O–H groups in total. The molecule has 150 valence electrons. The van der Waals surface area contributed by atoms with Crippen LogP contribution in [0.4, 0.5) is 9.39 Å². The monoisotopic (exact) mass is 473 g/mol. The number of nitrogens with one attached hydrogen (secondary N) is 1. The third-order valence-corrected chi connectivity index (χ3v) is 5.25.